The molecule has 3 N–H and O–H groups in total. The maximum Gasteiger partial charge on any atom is 0.220 e. The molecular formula is C14H28N2O. The van der Waals surface area contributed by atoms with E-state index in [1.807, 2.05) is 6.92 Å². The van der Waals surface area contributed by atoms with Crippen molar-refractivity contribution in [2.45, 2.75) is 70.8 Å². The largest absolute Gasteiger partial charge is 0.350 e. The summed E-state index contributed by atoms with van der Waals surface area (Å²) in [6.07, 6.45) is 9.31. The number of amides is 1. The van der Waals surface area contributed by atoms with Crippen LogP contribution in [0.1, 0.15) is 65.2 Å². The Kier molecular flexibility index (Phi) is 5.96. The average molecular weight is 240 g/mol. The second-order valence-corrected chi connectivity index (χ2v) is 5.71. The molecule has 0 spiro atoms. The van der Waals surface area contributed by atoms with Crippen molar-refractivity contribution >= 4 is 5.91 Å². The van der Waals surface area contributed by atoms with E-state index in [1.165, 1.54) is 32.1 Å². The van der Waals surface area contributed by atoms with Crippen LogP contribution in [0.15, 0.2) is 0 Å². The molecule has 1 unspecified atom stereocenters. The Bertz CT molecular complexity index is 230. The van der Waals surface area contributed by atoms with Crippen LogP contribution in [-0.2, 0) is 4.79 Å². The quantitative estimate of drug-likeness (QED) is 0.750. The molecule has 0 saturated heterocycles. The fourth-order valence-electron chi connectivity index (χ4n) is 2.49. The maximum atomic E-state index is 11.9. The van der Waals surface area contributed by atoms with Crippen molar-refractivity contribution in [3.8, 4) is 0 Å². The Balaban J connectivity index is 2.24. The van der Waals surface area contributed by atoms with Gasteiger partial charge in [0.2, 0.25) is 5.91 Å². The van der Waals surface area contributed by atoms with E-state index < -0.39 is 0 Å². The van der Waals surface area contributed by atoms with Crippen LogP contribution in [0.4, 0.5) is 0 Å². The van der Waals surface area contributed by atoms with E-state index in [9.17, 15) is 4.79 Å². The van der Waals surface area contributed by atoms with Gasteiger partial charge in [-0.05, 0) is 25.7 Å². The molecule has 17 heavy (non-hydrogen) atoms. The van der Waals surface area contributed by atoms with Crippen LogP contribution in [0.25, 0.3) is 0 Å². The standard InChI is InChI=1S/C14H28N2O/c1-3-14(2,11-15)16-13(17)10-9-12-7-5-4-6-8-12/h12H,3-11,15H2,1-2H3,(H,16,17). The highest BCUT2D eigenvalue weighted by Gasteiger charge is 2.22. The van der Waals surface area contributed by atoms with Gasteiger partial charge in [0.1, 0.15) is 0 Å². The molecule has 1 atom stereocenters. The van der Waals surface area contributed by atoms with Crippen molar-refractivity contribution in [3.05, 3.63) is 0 Å². The zero-order valence-electron chi connectivity index (χ0n) is 11.4. The van der Waals surface area contributed by atoms with Crippen molar-refractivity contribution in [1.82, 2.24) is 5.32 Å². The number of hydrogen-bond donors (Lipinski definition) is 2. The van der Waals surface area contributed by atoms with Crippen molar-refractivity contribution in [3.63, 3.8) is 0 Å². The number of nitrogens with one attached hydrogen (secondary N) is 1. The maximum absolute atomic E-state index is 11.9. The summed E-state index contributed by atoms with van der Waals surface area (Å²) < 4.78 is 0. The molecular weight excluding hydrogens is 212 g/mol. The van der Waals surface area contributed by atoms with Gasteiger partial charge in [0.15, 0.2) is 0 Å². The van der Waals surface area contributed by atoms with E-state index >= 15 is 0 Å². The molecule has 1 fully saturated rings. The monoisotopic (exact) mass is 240 g/mol. The van der Waals surface area contributed by atoms with E-state index in [0.717, 1.165) is 18.8 Å². The summed E-state index contributed by atoms with van der Waals surface area (Å²) in [6.45, 7) is 4.60. The molecule has 1 rings (SSSR count). The normalized spacial score (nSPS) is 20.9. The van der Waals surface area contributed by atoms with Crippen molar-refractivity contribution < 1.29 is 4.79 Å². The fourth-order valence-corrected chi connectivity index (χ4v) is 2.49. The van der Waals surface area contributed by atoms with Crippen molar-refractivity contribution in [2.24, 2.45) is 11.7 Å². The Morgan fingerprint density at radius 1 is 1.35 bits per heavy atom. The second kappa shape index (κ2) is 7.00. The summed E-state index contributed by atoms with van der Waals surface area (Å²) in [6, 6.07) is 0. The van der Waals surface area contributed by atoms with Crippen LogP contribution in [-0.4, -0.2) is 18.0 Å². The summed E-state index contributed by atoms with van der Waals surface area (Å²) in [5.74, 6) is 0.950. The minimum absolute atomic E-state index is 0.172. The zero-order valence-corrected chi connectivity index (χ0v) is 11.4. The first-order valence-electron chi connectivity index (χ1n) is 7.10. The summed E-state index contributed by atoms with van der Waals surface area (Å²) in [7, 11) is 0. The van der Waals surface area contributed by atoms with Gasteiger partial charge in [0.05, 0.1) is 0 Å². The second-order valence-electron chi connectivity index (χ2n) is 5.71. The first-order chi connectivity index (χ1) is 8.09. The Labute approximate surface area is 106 Å². The number of carbonyl (C=O) groups is 1. The predicted molar refractivity (Wildman–Crippen MR) is 71.7 cm³/mol. The molecule has 0 bridgehead atoms. The molecule has 0 radical (unpaired) electrons. The van der Waals surface area contributed by atoms with Gasteiger partial charge in [-0.2, -0.15) is 0 Å². The highest BCUT2D eigenvalue weighted by atomic mass is 16.1. The lowest BCUT2D eigenvalue weighted by atomic mass is 9.86. The number of nitrogens with two attached hydrogens (primary N) is 1. The van der Waals surface area contributed by atoms with E-state index in [-0.39, 0.29) is 11.4 Å². The van der Waals surface area contributed by atoms with Crippen LogP contribution in [0.5, 0.6) is 0 Å². The molecule has 100 valence electrons. The topological polar surface area (TPSA) is 55.1 Å². The third-order valence-electron chi connectivity index (χ3n) is 4.18. The minimum Gasteiger partial charge on any atom is -0.350 e. The highest BCUT2D eigenvalue weighted by molar-refractivity contribution is 5.76. The van der Waals surface area contributed by atoms with Gasteiger partial charge in [-0.15, -0.1) is 0 Å². The molecule has 1 aliphatic rings. The summed E-state index contributed by atoms with van der Waals surface area (Å²) in [5, 5.41) is 3.07. The SMILES string of the molecule is CCC(C)(CN)NC(=O)CCC1CCCCC1. The lowest BCUT2D eigenvalue weighted by Crippen LogP contribution is -2.50. The third kappa shape index (κ3) is 5.07. The minimum atomic E-state index is -0.219. The molecule has 3 heteroatoms. The number of rotatable bonds is 6. The Hall–Kier alpha value is -0.570. The molecule has 0 aromatic carbocycles. The molecule has 1 aliphatic carbocycles. The van der Waals surface area contributed by atoms with Crippen LogP contribution in [0.3, 0.4) is 0 Å². The lowest BCUT2D eigenvalue weighted by Gasteiger charge is -2.28. The van der Waals surface area contributed by atoms with Gasteiger partial charge in [0, 0.05) is 18.5 Å². The first kappa shape index (κ1) is 14.5. The molecule has 0 heterocycles. The lowest BCUT2D eigenvalue weighted by molar-refractivity contribution is -0.123. The van der Waals surface area contributed by atoms with Crippen LogP contribution in [0.2, 0.25) is 0 Å². The Morgan fingerprint density at radius 3 is 2.53 bits per heavy atom. The summed E-state index contributed by atoms with van der Waals surface area (Å²) in [5.41, 5.74) is 5.47. The summed E-state index contributed by atoms with van der Waals surface area (Å²) >= 11 is 0. The smallest absolute Gasteiger partial charge is 0.220 e. The zero-order chi connectivity index (χ0) is 12.7. The van der Waals surface area contributed by atoms with E-state index in [2.05, 4.69) is 12.2 Å². The molecule has 0 aromatic heterocycles. The molecule has 0 aromatic rings. The fraction of sp³-hybridized carbons (Fsp3) is 0.929. The van der Waals surface area contributed by atoms with Gasteiger partial charge in [-0.25, -0.2) is 0 Å². The van der Waals surface area contributed by atoms with Crippen molar-refractivity contribution in [2.75, 3.05) is 6.54 Å². The highest BCUT2D eigenvalue weighted by Crippen LogP contribution is 2.27. The van der Waals surface area contributed by atoms with Gasteiger partial charge < -0.3 is 11.1 Å². The average Bonchev–Trinajstić information content (AvgIpc) is 2.37. The van der Waals surface area contributed by atoms with Crippen LogP contribution >= 0.6 is 0 Å². The van der Waals surface area contributed by atoms with Crippen LogP contribution in [0, 0.1) is 5.92 Å². The number of carbonyl (C=O) groups excluding carboxylic acids is 1. The van der Waals surface area contributed by atoms with Gasteiger partial charge in [0.25, 0.3) is 0 Å². The predicted octanol–water partition coefficient (Wildman–Crippen LogP) is 2.59. The molecule has 1 amide bonds. The van der Waals surface area contributed by atoms with E-state index in [4.69, 9.17) is 5.73 Å². The first-order valence-corrected chi connectivity index (χ1v) is 7.10. The Morgan fingerprint density at radius 2 is 2.00 bits per heavy atom. The van der Waals surface area contributed by atoms with E-state index in [0.29, 0.717) is 13.0 Å². The van der Waals surface area contributed by atoms with Crippen molar-refractivity contribution in [1.29, 1.82) is 0 Å². The summed E-state index contributed by atoms with van der Waals surface area (Å²) in [4.78, 5) is 11.9. The number of hydrogen-bond acceptors (Lipinski definition) is 2. The third-order valence-corrected chi connectivity index (χ3v) is 4.18. The molecule has 0 aliphatic heterocycles. The molecule has 3 nitrogen and oxygen atoms in total. The molecule has 1 saturated carbocycles. The van der Waals surface area contributed by atoms with Crippen LogP contribution < -0.4 is 11.1 Å². The van der Waals surface area contributed by atoms with Gasteiger partial charge in [-0.3, -0.25) is 4.79 Å². The van der Waals surface area contributed by atoms with Gasteiger partial charge in [-0.1, -0.05) is 39.0 Å². The van der Waals surface area contributed by atoms with Gasteiger partial charge >= 0.3 is 0 Å². The van der Waals surface area contributed by atoms with E-state index in [1.54, 1.807) is 0 Å².